The van der Waals surface area contributed by atoms with Crippen molar-refractivity contribution < 1.29 is 4.79 Å². The minimum atomic E-state index is 0.0526. The van der Waals surface area contributed by atoms with Crippen LogP contribution in [0.5, 0.6) is 0 Å². The molecule has 0 radical (unpaired) electrons. The number of hydrogen-bond donors (Lipinski definition) is 1. The molecule has 1 aliphatic heterocycles. The van der Waals surface area contributed by atoms with E-state index in [0.29, 0.717) is 6.54 Å². The lowest BCUT2D eigenvalue weighted by Gasteiger charge is -2.21. The maximum atomic E-state index is 11.4. The van der Waals surface area contributed by atoms with Crippen LogP contribution < -0.4 is 5.32 Å². The summed E-state index contributed by atoms with van der Waals surface area (Å²) >= 11 is 1.60. The summed E-state index contributed by atoms with van der Waals surface area (Å²) in [7, 11) is 0. The summed E-state index contributed by atoms with van der Waals surface area (Å²) in [5.74, 6) is 0.120. The average Bonchev–Trinajstić information content (AvgIpc) is 2.87. The van der Waals surface area contributed by atoms with Gasteiger partial charge >= 0.3 is 0 Å². The second-order valence-electron chi connectivity index (χ2n) is 4.05. The normalized spacial score (nSPS) is 21.3. The number of rotatable bonds is 5. The predicted octanol–water partition coefficient (Wildman–Crippen LogP) is 1.76. The van der Waals surface area contributed by atoms with E-state index in [1.54, 1.807) is 11.3 Å². The minimum absolute atomic E-state index is 0.0526. The van der Waals surface area contributed by atoms with E-state index in [-0.39, 0.29) is 12.1 Å². The van der Waals surface area contributed by atoms with E-state index >= 15 is 0 Å². The molecule has 2 rings (SSSR count). The van der Waals surface area contributed by atoms with Gasteiger partial charge in [-0.3, -0.25) is 14.7 Å². The summed E-state index contributed by atoms with van der Waals surface area (Å²) in [4.78, 5) is 18.8. The fourth-order valence-electron chi connectivity index (χ4n) is 1.95. The molecule has 5 heteroatoms. The molecule has 1 N–H and O–H groups in total. The van der Waals surface area contributed by atoms with Gasteiger partial charge < -0.3 is 5.32 Å². The summed E-state index contributed by atoms with van der Waals surface area (Å²) in [5.41, 5.74) is 1.81. The molecule has 0 bridgehead atoms. The Kier molecular flexibility index (Phi) is 3.90. The van der Waals surface area contributed by atoms with Gasteiger partial charge in [0.2, 0.25) is 5.91 Å². The molecule has 16 heavy (non-hydrogen) atoms. The highest BCUT2D eigenvalue weighted by Crippen LogP contribution is 2.25. The van der Waals surface area contributed by atoms with Crippen LogP contribution in [0.4, 0.5) is 0 Å². The van der Waals surface area contributed by atoms with Crippen LogP contribution in [0.15, 0.2) is 11.7 Å². The number of unbranched alkanes of at least 4 members (excludes halogenated alkanes) is 2. The maximum absolute atomic E-state index is 11.4. The number of amides is 1. The number of carbonyl (C=O) groups excluding carboxylic acids is 1. The zero-order chi connectivity index (χ0) is 11.4. The van der Waals surface area contributed by atoms with Crippen LogP contribution in [-0.2, 0) is 4.79 Å². The number of hydrogen-bond acceptors (Lipinski definition) is 4. The minimum Gasteiger partial charge on any atom is -0.335 e. The second-order valence-corrected chi connectivity index (χ2v) is 4.97. The predicted molar refractivity (Wildman–Crippen MR) is 64.1 cm³/mol. The van der Waals surface area contributed by atoms with Crippen molar-refractivity contribution in [1.29, 1.82) is 0 Å². The zero-order valence-electron chi connectivity index (χ0n) is 9.48. The largest absolute Gasteiger partial charge is 0.335 e. The Labute approximate surface area is 99.7 Å². The molecule has 2 heterocycles. The van der Waals surface area contributed by atoms with Gasteiger partial charge in [0.15, 0.2) is 0 Å². The summed E-state index contributed by atoms with van der Waals surface area (Å²) in [6.45, 7) is 3.69. The lowest BCUT2D eigenvalue weighted by molar-refractivity contribution is -0.118. The van der Waals surface area contributed by atoms with Crippen LogP contribution in [0.2, 0.25) is 0 Å². The van der Waals surface area contributed by atoms with E-state index in [1.807, 2.05) is 11.7 Å². The molecule has 0 spiro atoms. The second kappa shape index (κ2) is 5.41. The van der Waals surface area contributed by atoms with Gasteiger partial charge in [-0.25, -0.2) is 0 Å². The Hall–Kier alpha value is -0.940. The molecule has 1 aliphatic rings. The highest BCUT2D eigenvalue weighted by molar-refractivity contribution is 7.09. The van der Waals surface area contributed by atoms with Gasteiger partial charge in [0.05, 0.1) is 16.9 Å². The molecule has 1 amide bonds. The van der Waals surface area contributed by atoms with Crippen LogP contribution in [0.1, 0.15) is 37.2 Å². The molecule has 4 nitrogen and oxygen atoms in total. The first-order valence-electron chi connectivity index (χ1n) is 5.73. The number of aromatic nitrogens is 1. The van der Waals surface area contributed by atoms with Gasteiger partial charge in [-0.05, 0) is 6.42 Å². The molecule has 0 aromatic carbocycles. The number of thiazole rings is 1. The monoisotopic (exact) mass is 239 g/mol. The lowest BCUT2D eigenvalue weighted by Crippen LogP contribution is -2.27. The number of nitrogens with zero attached hydrogens (tertiary/aromatic N) is 2. The van der Waals surface area contributed by atoms with Gasteiger partial charge in [-0.1, -0.05) is 19.8 Å². The van der Waals surface area contributed by atoms with Crippen molar-refractivity contribution >= 4 is 17.2 Å². The Morgan fingerprint density at radius 2 is 2.50 bits per heavy atom. The molecule has 1 atom stereocenters. The van der Waals surface area contributed by atoms with Crippen LogP contribution in [0, 0.1) is 0 Å². The van der Waals surface area contributed by atoms with E-state index in [9.17, 15) is 4.79 Å². The zero-order valence-corrected chi connectivity index (χ0v) is 10.3. The summed E-state index contributed by atoms with van der Waals surface area (Å²) in [5, 5.41) is 2.99. The quantitative estimate of drug-likeness (QED) is 0.796. The van der Waals surface area contributed by atoms with Crippen molar-refractivity contribution in [2.24, 2.45) is 0 Å². The van der Waals surface area contributed by atoms with Gasteiger partial charge in [0, 0.05) is 12.7 Å². The lowest BCUT2D eigenvalue weighted by atomic mass is 10.2. The van der Waals surface area contributed by atoms with Crippen molar-refractivity contribution in [3.63, 3.8) is 0 Å². The maximum Gasteiger partial charge on any atom is 0.235 e. The van der Waals surface area contributed by atoms with E-state index in [4.69, 9.17) is 0 Å². The smallest absolute Gasteiger partial charge is 0.235 e. The molecule has 0 saturated carbocycles. The molecule has 1 aromatic heterocycles. The first kappa shape index (κ1) is 11.5. The molecule has 88 valence electrons. The summed E-state index contributed by atoms with van der Waals surface area (Å²) in [6, 6.07) is 0. The Morgan fingerprint density at radius 1 is 1.62 bits per heavy atom. The van der Waals surface area contributed by atoms with Crippen LogP contribution in [0.3, 0.4) is 0 Å². The van der Waals surface area contributed by atoms with Crippen LogP contribution >= 0.6 is 11.3 Å². The summed E-state index contributed by atoms with van der Waals surface area (Å²) < 4.78 is 0. The van der Waals surface area contributed by atoms with Gasteiger partial charge in [0.1, 0.15) is 6.17 Å². The van der Waals surface area contributed by atoms with Gasteiger partial charge in [-0.15, -0.1) is 11.3 Å². The third kappa shape index (κ3) is 2.59. The van der Waals surface area contributed by atoms with Crippen molar-refractivity contribution in [3.05, 3.63) is 16.6 Å². The Balaban J connectivity index is 1.96. The highest BCUT2D eigenvalue weighted by atomic mass is 32.1. The fraction of sp³-hybridized carbons (Fsp3) is 0.636. The molecule has 0 unspecified atom stereocenters. The Bertz CT molecular complexity index is 339. The molecule has 1 saturated heterocycles. The first-order valence-corrected chi connectivity index (χ1v) is 6.61. The fourth-order valence-corrected chi connectivity index (χ4v) is 2.65. The number of nitrogens with one attached hydrogen (secondary N) is 1. The van der Waals surface area contributed by atoms with E-state index in [1.165, 1.54) is 12.8 Å². The standard InChI is InChI=1S/C11H17N3OS/c1-2-3-4-5-14-7-10(15)13-11(14)9-6-12-8-16-9/h6,8,11H,2-5,7H2,1H3,(H,13,15)/t11-/m1/s1. The van der Waals surface area contributed by atoms with Gasteiger partial charge in [-0.2, -0.15) is 0 Å². The van der Waals surface area contributed by atoms with Crippen molar-refractivity contribution in [2.45, 2.75) is 32.4 Å². The molecular weight excluding hydrogens is 222 g/mol. The van der Waals surface area contributed by atoms with Gasteiger partial charge in [0.25, 0.3) is 0 Å². The molecular formula is C11H17N3OS. The van der Waals surface area contributed by atoms with Crippen molar-refractivity contribution in [1.82, 2.24) is 15.2 Å². The highest BCUT2D eigenvalue weighted by Gasteiger charge is 2.31. The first-order chi connectivity index (χ1) is 7.81. The van der Waals surface area contributed by atoms with Crippen LogP contribution in [0.25, 0.3) is 0 Å². The third-order valence-electron chi connectivity index (χ3n) is 2.78. The molecule has 1 fully saturated rings. The van der Waals surface area contributed by atoms with Crippen molar-refractivity contribution in [2.75, 3.05) is 13.1 Å². The molecule has 0 aliphatic carbocycles. The van der Waals surface area contributed by atoms with Crippen molar-refractivity contribution in [3.8, 4) is 0 Å². The Morgan fingerprint density at radius 3 is 3.19 bits per heavy atom. The van der Waals surface area contributed by atoms with E-state index in [0.717, 1.165) is 17.8 Å². The molecule has 1 aromatic rings. The number of carbonyl (C=O) groups is 1. The van der Waals surface area contributed by atoms with E-state index < -0.39 is 0 Å². The van der Waals surface area contributed by atoms with Crippen LogP contribution in [-0.4, -0.2) is 28.9 Å². The average molecular weight is 239 g/mol. The van der Waals surface area contributed by atoms with E-state index in [2.05, 4.69) is 22.1 Å². The third-order valence-corrected chi connectivity index (χ3v) is 3.61. The SMILES string of the molecule is CCCCCN1CC(=O)N[C@H]1c1cncs1. The topological polar surface area (TPSA) is 45.2 Å². The summed E-state index contributed by atoms with van der Waals surface area (Å²) in [6.07, 6.45) is 5.48.